The van der Waals surface area contributed by atoms with E-state index in [1.165, 1.54) is 12.0 Å². The number of likely N-dealkylation sites (N-methyl/N-ethyl adjacent to an activating group) is 1. The Bertz CT molecular complexity index is 229. The molecular weight excluding hydrogens is 208 g/mol. The lowest BCUT2D eigenvalue weighted by Crippen LogP contribution is -2.33. The van der Waals surface area contributed by atoms with Gasteiger partial charge in [-0.25, -0.2) is 0 Å². The van der Waals surface area contributed by atoms with E-state index in [0.717, 1.165) is 13.0 Å². The molecule has 0 aromatic heterocycles. The summed E-state index contributed by atoms with van der Waals surface area (Å²) in [5.41, 5.74) is 0. The van der Waals surface area contributed by atoms with E-state index >= 15 is 0 Å². The Balaban J connectivity index is 3.67. The van der Waals surface area contributed by atoms with Crippen molar-refractivity contribution in [2.24, 2.45) is 0 Å². The molecule has 0 aromatic rings. The Morgan fingerprint density at radius 1 is 1.38 bits per heavy atom. The fraction of sp³-hybridized carbons (Fsp3) is 0.818. The first kappa shape index (κ1) is 14.9. The zero-order chi connectivity index (χ0) is 12.6. The van der Waals surface area contributed by atoms with Gasteiger partial charge in [0.25, 0.3) is 0 Å². The molecule has 0 rings (SSSR count). The van der Waals surface area contributed by atoms with E-state index in [-0.39, 0.29) is 12.5 Å². The average Bonchev–Trinajstić information content (AvgIpc) is 2.23. The summed E-state index contributed by atoms with van der Waals surface area (Å²) in [5, 5.41) is 3.23. The summed E-state index contributed by atoms with van der Waals surface area (Å²) in [7, 11) is 2.92. The van der Waals surface area contributed by atoms with Gasteiger partial charge in [-0.05, 0) is 13.0 Å². The molecule has 0 atom stereocenters. The minimum atomic E-state index is -0.392. The van der Waals surface area contributed by atoms with E-state index in [4.69, 9.17) is 0 Å². The van der Waals surface area contributed by atoms with Gasteiger partial charge >= 0.3 is 5.97 Å². The summed E-state index contributed by atoms with van der Waals surface area (Å²) < 4.78 is 4.48. The molecule has 0 spiro atoms. The maximum absolute atomic E-state index is 11.5. The van der Waals surface area contributed by atoms with Crippen LogP contribution in [0.25, 0.3) is 0 Å². The molecule has 0 bridgehead atoms. The van der Waals surface area contributed by atoms with Gasteiger partial charge in [0, 0.05) is 19.5 Å². The van der Waals surface area contributed by atoms with Gasteiger partial charge in [-0.2, -0.15) is 0 Å². The minimum Gasteiger partial charge on any atom is -0.468 e. The van der Waals surface area contributed by atoms with E-state index in [9.17, 15) is 9.59 Å². The first-order valence-corrected chi connectivity index (χ1v) is 5.51. The maximum atomic E-state index is 11.5. The number of hydrogen-bond acceptors (Lipinski definition) is 4. The Labute approximate surface area is 97.1 Å². The van der Waals surface area contributed by atoms with Crippen molar-refractivity contribution in [1.29, 1.82) is 0 Å². The topological polar surface area (TPSA) is 58.6 Å². The molecule has 0 saturated heterocycles. The van der Waals surface area contributed by atoms with Crippen LogP contribution in [0.1, 0.15) is 26.7 Å². The molecule has 0 aliphatic carbocycles. The van der Waals surface area contributed by atoms with Crippen LogP contribution in [0.5, 0.6) is 0 Å². The van der Waals surface area contributed by atoms with E-state index in [0.29, 0.717) is 12.5 Å². The van der Waals surface area contributed by atoms with Crippen LogP contribution in [0.2, 0.25) is 0 Å². The maximum Gasteiger partial charge on any atom is 0.325 e. The molecule has 0 aromatic carbocycles. The molecule has 94 valence electrons. The summed E-state index contributed by atoms with van der Waals surface area (Å²) in [5.74, 6) is -0.424. The van der Waals surface area contributed by atoms with Crippen LogP contribution < -0.4 is 5.32 Å². The van der Waals surface area contributed by atoms with Crippen molar-refractivity contribution in [3.05, 3.63) is 0 Å². The van der Waals surface area contributed by atoms with E-state index < -0.39 is 5.97 Å². The predicted octanol–water partition coefficient (Wildman–Crippen LogP) is 0.396. The number of esters is 1. The Morgan fingerprint density at radius 2 is 2.00 bits per heavy atom. The quantitative estimate of drug-likeness (QED) is 0.508. The molecule has 1 N–H and O–H groups in total. The lowest BCUT2D eigenvalue weighted by atomic mass is 10.2. The number of nitrogens with one attached hydrogen (secondary N) is 1. The summed E-state index contributed by atoms with van der Waals surface area (Å²) in [4.78, 5) is 23.8. The van der Waals surface area contributed by atoms with Crippen LogP contribution in [-0.4, -0.2) is 50.1 Å². The molecule has 0 aliphatic heterocycles. The van der Waals surface area contributed by atoms with Gasteiger partial charge < -0.3 is 15.0 Å². The van der Waals surface area contributed by atoms with Crippen LogP contribution in [-0.2, 0) is 14.3 Å². The lowest BCUT2D eigenvalue weighted by molar-refractivity contribution is -0.146. The molecular formula is C11H22N2O3. The van der Waals surface area contributed by atoms with Crippen molar-refractivity contribution in [3.8, 4) is 0 Å². The SMILES string of the molecule is COC(=O)CN(C)C(=O)CCCNC(C)C. The number of carbonyl (C=O) groups is 2. The normalized spacial score (nSPS) is 10.3. The van der Waals surface area contributed by atoms with E-state index in [1.807, 2.05) is 0 Å². The average molecular weight is 230 g/mol. The van der Waals surface area contributed by atoms with E-state index in [2.05, 4.69) is 23.9 Å². The zero-order valence-corrected chi connectivity index (χ0v) is 10.6. The second-order valence-electron chi connectivity index (χ2n) is 4.04. The molecule has 0 saturated carbocycles. The molecule has 0 aliphatic rings. The molecule has 0 heterocycles. The number of amides is 1. The highest BCUT2D eigenvalue weighted by Gasteiger charge is 2.12. The number of rotatable bonds is 7. The minimum absolute atomic E-state index is 0.0208. The number of methoxy groups -OCH3 is 1. The highest BCUT2D eigenvalue weighted by atomic mass is 16.5. The zero-order valence-electron chi connectivity index (χ0n) is 10.6. The molecule has 0 unspecified atom stereocenters. The van der Waals surface area contributed by atoms with Gasteiger partial charge in [-0.1, -0.05) is 13.8 Å². The van der Waals surface area contributed by atoms with Crippen molar-refractivity contribution in [1.82, 2.24) is 10.2 Å². The van der Waals surface area contributed by atoms with Crippen LogP contribution in [0, 0.1) is 0 Å². The number of carbonyl (C=O) groups excluding carboxylic acids is 2. The van der Waals surface area contributed by atoms with Crippen molar-refractivity contribution >= 4 is 11.9 Å². The van der Waals surface area contributed by atoms with Gasteiger partial charge in [0.15, 0.2) is 0 Å². The van der Waals surface area contributed by atoms with Crippen molar-refractivity contribution in [2.45, 2.75) is 32.7 Å². The third-order valence-corrected chi connectivity index (χ3v) is 2.14. The smallest absolute Gasteiger partial charge is 0.325 e. The third kappa shape index (κ3) is 7.23. The number of hydrogen-bond donors (Lipinski definition) is 1. The largest absolute Gasteiger partial charge is 0.468 e. The van der Waals surface area contributed by atoms with Gasteiger partial charge in [-0.15, -0.1) is 0 Å². The molecule has 1 amide bonds. The summed E-state index contributed by atoms with van der Waals surface area (Å²) >= 11 is 0. The second-order valence-corrected chi connectivity index (χ2v) is 4.04. The number of nitrogens with zero attached hydrogens (tertiary/aromatic N) is 1. The summed E-state index contributed by atoms with van der Waals surface area (Å²) in [6, 6.07) is 0.433. The lowest BCUT2D eigenvalue weighted by Gasteiger charge is -2.15. The highest BCUT2D eigenvalue weighted by Crippen LogP contribution is 1.95. The molecule has 0 radical (unpaired) electrons. The van der Waals surface area contributed by atoms with Crippen LogP contribution in [0.4, 0.5) is 0 Å². The highest BCUT2D eigenvalue weighted by molar-refractivity contribution is 5.81. The Morgan fingerprint density at radius 3 is 2.50 bits per heavy atom. The first-order chi connectivity index (χ1) is 7.47. The summed E-state index contributed by atoms with van der Waals surface area (Å²) in [6.45, 7) is 4.96. The Hall–Kier alpha value is -1.10. The molecule has 5 nitrogen and oxygen atoms in total. The van der Waals surface area contributed by atoms with Gasteiger partial charge in [0.2, 0.25) is 5.91 Å². The Kier molecular flexibility index (Phi) is 7.54. The fourth-order valence-corrected chi connectivity index (χ4v) is 1.17. The first-order valence-electron chi connectivity index (χ1n) is 5.51. The third-order valence-electron chi connectivity index (χ3n) is 2.14. The van der Waals surface area contributed by atoms with Gasteiger partial charge in [0.1, 0.15) is 6.54 Å². The van der Waals surface area contributed by atoms with Crippen LogP contribution in [0.15, 0.2) is 0 Å². The second kappa shape index (κ2) is 8.10. The van der Waals surface area contributed by atoms with Gasteiger partial charge in [0.05, 0.1) is 7.11 Å². The predicted molar refractivity (Wildman–Crippen MR) is 62.0 cm³/mol. The molecule has 5 heteroatoms. The van der Waals surface area contributed by atoms with Gasteiger partial charge in [-0.3, -0.25) is 9.59 Å². The number of ether oxygens (including phenoxy) is 1. The van der Waals surface area contributed by atoms with E-state index in [1.54, 1.807) is 7.05 Å². The van der Waals surface area contributed by atoms with Crippen molar-refractivity contribution in [2.75, 3.05) is 27.2 Å². The molecule has 16 heavy (non-hydrogen) atoms. The fourth-order valence-electron chi connectivity index (χ4n) is 1.17. The molecule has 0 fully saturated rings. The van der Waals surface area contributed by atoms with Crippen LogP contribution in [0.3, 0.4) is 0 Å². The summed E-state index contributed by atoms with van der Waals surface area (Å²) in [6.07, 6.45) is 1.23. The monoisotopic (exact) mass is 230 g/mol. The van der Waals surface area contributed by atoms with Crippen molar-refractivity contribution in [3.63, 3.8) is 0 Å². The van der Waals surface area contributed by atoms with Crippen LogP contribution >= 0.6 is 0 Å². The van der Waals surface area contributed by atoms with Crippen molar-refractivity contribution < 1.29 is 14.3 Å². The standard InChI is InChI=1S/C11H22N2O3/c1-9(2)12-7-5-6-10(14)13(3)8-11(15)16-4/h9,12H,5-8H2,1-4H3.